The van der Waals surface area contributed by atoms with Crippen molar-refractivity contribution < 1.29 is 9.53 Å². The second-order valence-electron chi connectivity index (χ2n) is 1.71. The first-order chi connectivity index (χ1) is 4.18. The third-order valence-corrected chi connectivity index (χ3v) is 0.945. The van der Waals surface area contributed by atoms with Crippen LogP contribution < -0.4 is 5.73 Å². The molecule has 0 saturated carbocycles. The number of methoxy groups -OCH3 is 1. The van der Waals surface area contributed by atoms with Gasteiger partial charge in [-0.25, -0.2) is 0 Å². The molecule has 0 atom stereocenters. The standard InChI is InChI=1S/C6H11NO2/c1-5(6(7)8)3-4-9-2/h3H,4H2,1-2H3,(H2,7,8)/b5-3+. The summed E-state index contributed by atoms with van der Waals surface area (Å²) in [5.41, 5.74) is 5.45. The molecule has 0 aromatic heterocycles. The molecule has 3 nitrogen and oxygen atoms in total. The van der Waals surface area contributed by atoms with Crippen molar-refractivity contribution in [2.24, 2.45) is 5.73 Å². The van der Waals surface area contributed by atoms with Crippen LogP contribution in [0, 0.1) is 0 Å². The summed E-state index contributed by atoms with van der Waals surface area (Å²) in [6, 6.07) is 0. The van der Waals surface area contributed by atoms with Crippen LogP contribution in [0.1, 0.15) is 6.92 Å². The highest BCUT2D eigenvalue weighted by Crippen LogP contribution is 1.88. The number of ether oxygens (including phenoxy) is 1. The zero-order valence-electron chi connectivity index (χ0n) is 5.68. The van der Waals surface area contributed by atoms with Gasteiger partial charge in [-0.2, -0.15) is 0 Å². The van der Waals surface area contributed by atoms with Crippen molar-refractivity contribution >= 4 is 5.91 Å². The summed E-state index contributed by atoms with van der Waals surface area (Å²) in [6.07, 6.45) is 1.64. The number of hydrogen-bond donors (Lipinski definition) is 1. The Labute approximate surface area is 54.5 Å². The van der Waals surface area contributed by atoms with Gasteiger partial charge in [0, 0.05) is 12.7 Å². The van der Waals surface area contributed by atoms with Crippen molar-refractivity contribution in [1.29, 1.82) is 0 Å². The molecule has 0 fully saturated rings. The van der Waals surface area contributed by atoms with E-state index in [-0.39, 0.29) is 0 Å². The molecule has 0 unspecified atom stereocenters. The van der Waals surface area contributed by atoms with Gasteiger partial charge in [0.25, 0.3) is 0 Å². The van der Waals surface area contributed by atoms with E-state index in [1.165, 1.54) is 0 Å². The second-order valence-corrected chi connectivity index (χ2v) is 1.71. The Morgan fingerprint density at radius 3 is 2.67 bits per heavy atom. The Bertz CT molecular complexity index is 129. The molecule has 0 saturated heterocycles. The molecular weight excluding hydrogens is 118 g/mol. The van der Waals surface area contributed by atoms with E-state index < -0.39 is 5.91 Å². The molecule has 3 heteroatoms. The molecule has 0 aliphatic rings. The monoisotopic (exact) mass is 129 g/mol. The maximum absolute atomic E-state index is 10.3. The van der Waals surface area contributed by atoms with Crippen molar-refractivity contribution in [3.05, 3.63) is 11.6 Å². The highest BCUT2D eigenvalue weighted by Gasteiger charge is 1.93. The Morgan fingerprint density at radius 2 is 2.33 bits per heavy atom. The minimum atomic E-state index is -0.396. The smallest absolute Gasteiger partial charge is 0.244 e. The summed E-state index contributed by atoms with van der Waals surface area (Å²) < 4.78 is 4.68. The number of amides is 1. The van der Waals surface area contributed by atoms with Gasteiger partial charge in [0.15, 0.2) is 0 Å². The highest BCUT2D eigenvalue weighted by atomic mass is 16.5. The number of nitrogens with two attached hydrogens (primary N) is 1. The largest absolute Gasteiger partial charge is 0.381 e. The average molecular weight is 129 g/mol. The normalized spacial score (nSPS) is 11.6. The zero-order valence-corrected chi connectivity index (χ0v) is 5.68. The van der Waals surface area contributed by atoms with Gasteiger partial charge in [-0.15, -0.1) is 0 Å². The highest BCUT2D eigenvalue weighted by molar-refractivity contribution is 5.91. The molecule has 0 aliphatic heterocycles. The third kappa shape index (κ3) is 3.73. The molecule has 0 heterocycles. The van der Waals surface area contributed by atoms with Crippen molar-refractivity contribution in [2.45, 2.75) is 6.92 Å². The Kier molecular flexibility index (Phi) is 3.71. The first-order valence-corrected chi connectivity index (χ1v) is 2.64. The number of carbonyl (C=O) groups is 1. The number of hydrogen-bond acceptors (Lipinski definition) is 2. The van der Waals surface area contributed by atoms with Crippen LogP contribution in [0.3, 0.4) is 0 Å². The molecule has 0 aromatic rings. The molecule has 0 spiro atoms. The third-order valence-electron chi connectivity index (χ3n) is 0.945. The Hall–Kier alpha value is -0.830. The van der Waals surface area contributed by atoms with Gasteiger partial charge in [0.2, 0.25) is 5.91 Å². The zero-order chi connectivity index (χ0) is 7.28. The fourth-order valence-electron chi connectivity index (χ4n) is 0.309. The van der Waals surface area contributed by atoms with E-state index >= 15 is 0 Å². The summed E-state index contributed by atoms with van der Waals surface area (Å²) in [5.74, 6) is -0.396. The minimum Gasteiger partial charge on any atom is -0.381 e. The van der Waals surface area contributed by atoms with Gasteiger partial charge in [-0.3, -0.25) is 4.79 Å². The molecule has 1 amide bonds. The summed E-state index contributed by atoms with van der Waals surface area (Å²) in [5, 5.41) is 0. The molecule has 2 N–H and O–H groups in total. The first kappa shape index (κ1) is 8.17. The summed E-state index contributed by atoms with van der Waals surface area (Å²) in [7, 11) is 1.56. The maximum Gasteiger partial charge on any atom is 0.244 e. The lowest BCUT2D eigenvalue weighted by Gasteiger charge is -1.92. The molecule has 52 valence electrons. The maximum atomic E-state index is 10.3. The van der Waals surface area contributed by atoms with Gasteiger partial charge in [0.05, 0.1) is 6.61 Å². The van der Waals surface area contributed by atoms with Crippen LogP contribution in [-0.2, 0) is 9.53 Å². The van der Waals surface area contributed by atoms with Crippen molar-refractivity contribution in [3.8, 4) is 0 Å². The fourth-order valence-corrected chi connectivity index (χ4v) is 0.309. The van der Waals surface area contributed by atoms with E-state index in [4.69, 9.17) is 5.73 Å². The van der Waals surface area contributed by atoms with Crippen LogP contribution in [0.25, 0.3) is 0 Å². The van der Waals surface area contributed by atoms with E-state index in [0.29, 0.717) is 12.2 Å². The number of carbonyl (C=O) groups excluding carboxylic acids is 1. The molecule has 0 aliphatic carbocycles. The molecule has 9 heavy (non-hydrogen) atoms. The average Bonchev–Trinajstić information content (AvgIpc) is 1.82. The van der Waals surface area contributed by atoms with Crippen molar-refractivity contribution in [2.75, 3.05) is 13.7 Å². The molecule has 0 radical (unpaired) electrons. The summed E-state index contributed by atoms with van der Waals surface area (Å²) in [4.78, 5) is 10.3. The summed E-state index contributed by atoms with van der Waals surface area (Å²) >= 11 is 0. The lowest BCUT2D eigenvalue weighted by molar-refractivity contribution is -0.114. The SMILES string of the molecule is COC/C=C(\C)C(N)=O. The summed E-state index contributed by atoms with van der Waals surface area (Å²) in [6.45, 7) is 2.09. The van der Waals surface area contributed by atoms with E-state index in [1.807, 2.05) is 0 Å². The lowest BCUT2D eigenvalue weighted by Crippen LogP contribution is -2.11. The lowest BCUT2D eigenvalue weighted by atomic mass is 10.3. The van der Waals surface area contributed by atoms with Gasteiger partial charge < -0.3 is 10.5 Å². The Morgan fingerprint density at radius 1 is 1.78 bits per heavy atom. The topological polar surface area (TPSA) is 52.3 Å². The van der Waals surface area contributed by atoms with Crippen molar-refractivity contribution in [1.82, 2.24) is 0 Å². The van der Waals surface area contributed by atoms with Crippen LogP contribution in [-0.4, -0.2) is 19.6 Å². The van der Waals surface area contributed by atoms with Gasteiger partial charge in [-0.1, -0.05) is 6.08 Å². The second kappa shape index (κ2) is 4.09. The molecule has 0 rings (SSSR count). The van der Waals surface area contributed by atoms with Crippen LogP contribution in [0.15, 0.2) is 11.6 Å². The predicted molar refractivity (Wildman–Crippen MR) is 34.8 cm³/mol. The quantitative estimate of drug-likeness (QED) is 0.548. The van der Waals surface area contributed by atoms with Gasteiger partial charge >= 0.3 is 0 Å². The van der Waals surface area contributed by atoms with Gasteiger partial charge in [0.1, 0.15) is 0 Å². The minimum absolute atomic E-state index is 0.396. The fraction of sp³-hybridized carbons (Fsp3) is 0.500. The number of rotatable bonds is 3. The van der Waals surface area contributed by atoms with Gasteiger partial charge in [-0.05, 0) is 6.92 Å². The van der Waals surface area contributed by atoms with Crippen molar-refractivity contribution in [3.63, 3.8) is 0 Å². The van der Waals surface area contributed by atoms with E-state index in [2.05, 4.69) is 4.74 Å². The van der Waals surface area contributed by atoms with Crippen LogP contribution in [0.5, 0.6) is 0 Å². The van der Waals surface area contributed by atoms with Crippen LogP contribution in [0.2, 0.25) is 0 Å². The van der Waals surface area contributed by atoms with Crippen LogP contribution in [0.4, 0.5) is 0 Å². The van der Waals surface area contributed by atoms with E-state index in [0.717, 1.165) is 0 Å². The van der Waals surface area contributed by atoms with E-state index in [1.54, 1.807) is 20.1 Å². The molecular formula is C6H11NO2. The van der Waals surface area contributed by atoms with E-state index in [9.17, 15) is 4.79 Å². The predicted octanol–water partition coefficient (Wildman–Crippen LogP) is 0.0644. The van der Waals surface area contributed by atoms with Crippen LogP contribution >= 0.6 is 0 Å². The molecule has 0 aromatic carbocycles. The Balaban J connectivity index is 3.69. The first-order valence-electron chi connectivity index (χ1n) is 2.64. The molecule has 0 bridgehead atoms. The number of primary amides is 1.